The highest BCUT2D eigenvalue weighted by Gasteiger charge is 2.30. The summed E-state index contributed by atoms with van der Waals surface area (Å²) in [5.41, 5.74) is 17.4. The van der Waals surface area contributed by atoms with Gasteiger partial charge in [0.25, 0.3) is 0 Å². The normalized spacial score (nSPS) is 20.2. The molecule has 6 aliphatic rings. The molecule has 6 saturated heterocycles. The van der Waals surface area contributed by atoms with E-state index < -0.39 is 5.97 Å². The lowest BCUT2D eigenvalue weighted by Gasteiger charge is -2.34. The molecule has 15 nitrogen and oxygen atoms in total. The van der Waals surface area contributed by atoms with Gasteiger partial charge in [0.2, 0.25) is 23.6 Å². The summed E-state index contributed by atoms with van der Waals surface area (Å²) in [6, 6.07) is 47.9. The molecule has 91 heavy (non-hydrogen) atoms. The zero-order chi connectivity index (χ0) is 63.5. The number of primary amides is 1. The van der Waals surface area contributed by atoms with Crippen LogP contribution in [0.25, 0.3) is 0 Å². The Morgan fingerprint density at radius 2 is 0.736 bits per heavy atom. The molecule has 6 fully saturated rings. The molecule has 0 radical (unpaired) electrons. The van der Waals surface area contributed by atoms with Crippen molar-refractivity contribution >= 4 is 52.6 Å². The maximum Gasteiger partial charge on any atom is 0.338 e. The lowest BCUT2D eigenvalue weighted by Crippen LogP contribution is -2.37. The van der Waals surface area contributed by atoms with E-state index in [2.05, 4.69) is 75.4 Å². The molecule has 15 heteroatoms. The fourth-order valence-electron chi connectivity index (χ4n) is 14.8. The number of likely N-dealkylation sites (tertiary alicyclic amines) is 3. The van der Waals surface area contributed by atoms with Crippen LogP contribution in [-0.2, 0) is 38.4 Å². The number of benzene rings is 6. The molecule has 6 aromatic carbocycles. The van der Waals surface area contributed by atoms with Gasteiger partial charge in [0, 0.05) is 101 Å². The standard InChI is InChI=1S/C26H32N2O3.C25H31N3O2.C25H30N2O3/c1-31-26(30)23-12-4-3-11-22(23)21-10-8-16-27(19-21)18-15-20-9-2-5-13-24(20)28-17-7-6-14-25(28)29;26-25(30)22-11-3-2-10-21(22)20-9-7-15-27(18-20)17-14-19-8-1-4-12-23(19)28-16-6-5-13-24(28)29;28-24-13-5-6-16-27(24)23-12-4-1-8-19(23)14-17-26-15-7-9-20(18-26)21-10-2-3-11-22(21)25(29)30/h2-5,9,11-13,21H,6-8,10,14-19H2,1H3;1-4,8,10-12,20H,5-7,9,13-18H2,(H2,26,30);1-4,8,10-12,20H,5-7,9,13-18H2,(H,29,30). The Morgan fingerprint density at radius 3 is 1.09 bits per heavy atom. The van der Waals surface area contributed by atoms with Crippen LogP contribution in [0.5, 0.6) is 0 Å². The highest BCUT2D eigenvalue weighted by atomic mass is 16.5. The second-order valence-electron chi connectivity index (χ2n) is 25.5. The molecule has 3 N–H and O–H groups in total. The average Bonchev–Trinajstić information content (AvgIpc) is 1.93. The van der Waals surface area contributed by atoms with E-state index in [1.807, 2.05) is 87.5 Å². The number of carbonyl (C=O) groups excluding carboxylic acids is 5. The van der Waals surface area contributed by atoms with Gasteiger partial charge in [-0.3, -0.25) is 19.2 Å². The minimum atomic E-state index is -0.845. The van der Waals surface area contributed by atoms with E-state index in [0.29, 0.717) is 47.8 Å². The quantitative estimate of drug-likeness (QED) is 0.0783. The summed E-state index contributed by atoms with van der Waals surface area (Å²) in [5, 5.41) is 9.54. The minimum Gasteiger partial charge on any atom is -0.478 e. The van der Waals surface area contributed by atoms with Gasteiger partial charge in [-0.05, 0) is 203 Å². The lowest BCUT2D eigenvalue weighted by atomic mass is 9.87. The van der Waals surface area contributed by atoms with Gasteiger partial charge in [0.15, 0.2) is 0 Å². The number of hydrogen-bond acceptors (Lipinski definition) is 10. The molecular weight excluding hydrogens is 1140 g/mol. The van der Waals surface area contributed by atoms with Gasteiger partial charge in [-0.1, -0.05) is 109 Å². The topological polar surface area (TPSA) is 177 Å². The Hall–Kier alpha value is -7.98. The summed E-state index contributed by atoms with van der Waals surface area (Å²) < 4.78 is 4.99. The van der Waals surface area contributed by atoms with Crippen LogP contribution < -0.4 is 20.4 Å². The molecule has 3 unspecified atom stereocenters. The molecule has 0 spiro atoms. The number of para-hydroxylation sites is 3. The predicted octanol–water partition coefficient (Wildman–Crippen LogP) is 12.5. The highest BCUT2D eigenvalue weighted by molar-refractivity contribution is 5.97. The Labute approximate surface area is 538 Å². The van der Waals surface area contributed by atoms with Crippen molar-refractivity contribution in [2.24, 2.45) is 5.73 Å². The van der Waals surface area contributed by atoms with Crippen LogP contribution in [-0.4, -0.2) is 141 Å². The van der Waals surface area contributed by atoms with E-state index in [0.717, 1.165) is 209 Å². The van der Waals surface area contributed by atoms with Gasteiger partial charge >= 0.3 is 11.9 Å². The fraction of sp³-hybridized carbons (Fsp3) is 0.447. The van der Waals surface area contributed by atoms with Crippen molar-refractivity contribution in [2.75, 3.05) is 100 Å². The first-order chi connectivity index (χ1) is 44.4. The van der Waals surface area contributed by atoms with Crippen LogP contribution in [0.2, 0.25) is 0 Å². The van der Waals surface area contributed by atoms with Crippen molar-refractivity contribution < 1.29 is 38.6 Å². The van der Waals surface area contributed by atoms with Gasteiger partial charge in [0.1, 0.15) is 0 Å². The van der Waals surface area contributed by atoms with E-state index in [4.69, 9.17) is 10.5 Å². The smallest absolute Gasteiger partial charge is 0.338 e. The first-order valence-electron chi connectivity index (χ1n) is 33.6. The monoisotopic (exact) mass is 1230 g/mol. The number of nitrogens with two attached hydrogens (primary N) is 1. The third-order valence-electron chi connectivity index (χ3n) is 19.5. The molecule has 0 aromatic heterocycles. The van der Waals surface area contributed by atoms with Crippen molar-refractivity contribution in [3.05, 3.63) is 196 Å². The number of aromatic carboxylic acids is 1. The number of carboxylic acids is 1. The number of methoxy groups -OCH3 is 1. The van der Waals surface area contributed by atoms with Crippen molar-refractivity contribution in [3.63, 3.8) is 0 Å². The summed E-state index contributed by atoms with van der Waals surface area (Å²) in [5.74, 6) is 0.204. The third-order valence-corrected chi connectivity index (χ3v) is 19.5. The summed E-state index contributed by atoms with van der Waals surface area (Å²) in [6.07, 6.45) is 17.4. The molecule has 0 saturated carbocycles. The average molecular weight is 1230 g/mol. The van der Waals surface area contributed by atoms with Crippen LogP contribution in [0, 0.1) is 0 Å². The zero-order valence-corrected chi connectivity index (χ0v) is 53.4. The molecule has 6 aromatic rings. The van der Waals surface area contributed by atoms with Crippen LogP contribution in [0.4, 0.5) is 17.1 Å². The first kappa shape index (κ1) is 66.0. The van der Waals surface area contributed by atoms with Gasteiger partial charge in [-0.2, -0.15) is 0 Å². The Bertz CT molecular complexity index is 3310. The largest absolute Gasteiger partial charge is 0.478 e. The molecular formula is C76H93N7O8. The molecule has 480 valence electrons. The Kier molecular flexibility index (Phi) is 23.8. The molecule has 6 heterocycles. The number of carbonyl (C=O) groups is 6. The number of anilines is 3. The van der Waals surface area contributed by atoms with Gasteiger partial charge in [-0.25, -0.2) is 9.59 Å². The second kappa shape index (κ2) is 32.9. The lowest BCUT2D eigenvalue weighted by molar-refractivity contribution is -0.120. The van der Waals surface area contributed by atoms with Gasteiger partial charge in [-0.15, -0.1) is 0 Å². The molecule has 3 atom stereocenters. The van der Waals surface area contributed by atoms with Gasteiger partial charge < -0.3 is 45.0 Å². The molecule has 6 aliphatic heterocycles. The van der Waals surface area contributed by atoms with E-state index in [1.165, 1.54) is 23.8 Å². The Morgan fingerprint density at radius 1 is 0.418 bits per heavy atom. The van der Waals surface area contributed by atoms with Crippen LogP contribution >= 0.6 is 0 Å². The minimum absolute atomic E-state index is 0.233. The number of esters is 1. The first-order valence-corrected chi connectivity index (χ1v) is 33.6. The van der Waals surface area contributed by atoms with Crippen molar-refractivity contribution in [1.82, 2.24) is 14.7 Å². The van der Waals surface area contributed by atoms with Crippen LogP contribution in [0.1, 0.15) is 179 Å². The van der Waals surface area contributed by atoms with Crippen LogP contribution in [0.3, 0.4) is 0 Å². The maximum absolute atomic E-state index is 12.4. The molecule has 0 bridgehead atoms. The number of nitrogens with zero attached hydrogens (tertiary/aromatic N) is 6. The number of carboxylic acid groups (broad SMARTS) is 1. The van der Waals surface area contributed by atoms with E-state index >= 15 is 0 Å². The highest BCUT2D eigenvalue weighted by Crippen LogP contribution is 2.35. The SMILES string of the molecule is COC(=O)c1ccccc1C1CCCN(CCc2ccccc2N2CCCCC2=O)C1.NC(=O)c1ccccc1C1CCCN(CCc2ccccc2N2CCCCC2=O)C1.O=C(O)c1ccccc1C1CCCN(CCc2ccccc2N2CCCCC2=O)C1. The molecule has 12 rings (SSSR count). The fourth-order valence-corrected chi connectivity index (χ4v) is 14.8. The number of piperidine rings is 6. The molecule has 4 amide bonds. The summed E-state index contributed by atoms with van der Waals surface area (Å²) >= 11 is 0. The van der Waals surface area contributed by atoms with Crippen molar-refractivity contribution in [1.29, 1.82) is 0 Å². The number of amides is 4. The third kappa shape index (κ3) is 17.3. The summed E-state index contributed by atoms with van der Waals surface area (Å²) in [4.78, 5) is 86.3. The summed E-state index contributed by atoms with van der Waals surface area (Å²) in [7, 11) is 1.44. The number of hydrogen-bond donors (Lipinski definition) is 2. The van der Waals surface area contributed by atoms with Crippen LogP contribution in [0.15, 0.2) is 146 Å². The van der Waals surface area contributed by atoms with Crippen molar-refractivity contribution in [3.8, 4) is 0 Å². The van der Waals surface area contributed by atoms with E-state index in [-0.39, 0.29) is 35.5 Å². The second-order valence-corrected chi connectivity index (χ2v) is 25.5. The number of ether oxygens (including phenoxy) is 1. The van der Waals surface area contributed by atoms with E-state index in [9.17, 15) is 33.9 Å². The van der Waals surface area contributed by atoms with E-state index in [1.54, 1.807) is 12.1 Å². The zero-order valence-electron chi connectivity index (χ0n) is 53.4. The summed E-state index contributed by atoms with van der Waals surface area (Å²) in [6.45, 7) is 11.2. The van der Waals surface area contributed by atoms with Crippen molar-refractivity contribution in [2.45, 2.75) is 133 Å². The van der Waals surface area contributed by atoms with Gasteiger partial charge in [0.05, 0.1) is 18.2 Å². The maximum atomic E-state index is 12.4. The number of rotatable bonds is 18. The predicted molar refractivity (Wildman–Crippen MR) is 360 cm³/mol. The Balaban J connectivity index is 0.000000150. The molecule has 0 aliphatic carbocycles.